The Bertz CT molecular complexity index is 478. The Balaban J connectivity index is 0.00000242. The molecule has 22 heavy (non-hydrogen) atoms. The summed E-state index contributed by atoms with van der Waals surface area (Å²) in [4.78, 5) is 12.8. The van der Waals surface area contributed by atoms with Crippen molar-refractivity contribution in [2.24, 2.45) is 5.73 Å². The van der Waals surface area contributed by atoms with Gasteiger partial charge in [-0.05, 0) is 36.8 Å². The van der Waals surface area contributed by atoms with Gasteiger partial charge in [0.15, 0.2) is 0 Å². The number of rotatable bonds is 5. The fourth-order valence-corrected chi connectivity index (χ4v) is 3.23. The van der Waals surface area contributed by atoms with Gasteiger partial charge >= 0.3 is 0 Å². The van der Waals surface area contributed by atoms with Crippen molar-refractivity contribution in [3.05, 3.63) is 35.4 Å². The van der Waals surface area contributed by atoms with E-state index in [0.29, 0.717) is 12.5 Å². The smallest absolute Gasteiger partial charge is 0.230 e. The van der Waals surface area contributed by atoms with Crippen LogP contribution in [-0.4, -0.2) is 18.5 Å². The first kappa shape index (κ1) is 19.0. The summed E-state index contributed by atoms with van der Waals surface area (Å²) in [5.41, 5.74) is 7.77. The average molecular weight is 325 g/mol. The summed E-state index contributed by atoms with van der Waals surface area (Å²) in [5.74, 6) is 0.667. The molecule has 1 saturated carbocycles. The van der Waals surface area contributed by atoms with E-state index < -0.39 is 0 Å². The van der Waals surface area contributed by atoms with Gasteiger partial charge in [-0.15, -0.1) is 12.4 Å². The van der Waals surface area contributed by atoms with Crippen LogP contribution in [0.25, 0.3) is 0 Å². The first-order valence-corrected chi connectivity index (χ1v) is 8.11. The quantitative estimate of drug-likeness (QED) is 0.870. The molecule has 1 aromatic rings. The maximum Gasteiger partial charge on any atom is 0.230 e. The number of benzene rings is 1. The highest BCUT2D eigenvalue weighted by Crippen LogP contribution is 2.41. The van der Waals surface area contributed by atoms with E-state index in [1.807, 2.05) is 6.92 Å². The van der Waals surface area contributed by atoms with E-state index in [-0.39, 0.29) is 29.8 Å². The summed E-state index contributed by atoms with van der Waals surface area (Å²) in [7, 11) is 0. The summed E-state index contributed by atoms with van der Waals surface area (Å²) in [6.45, 7) is 6.82. The topological polar surface area (TPSA) is 55.1 Å². The van der Waals surface area contributed by atoms with Gasteiger partial charge in [0.05, 0.1) is 5.41 Å². The molecule has 1 aliphatic rings. The Morgan fingerprint density at radius 2 is 1.73 bits per heavy atom. The fraction of sp³-hybridized carbons (Fsp3) is 0.611. The van der Waals surface area contributed by atoms with Crippen LogP contribution in [0, 0.1) is 0 Å². The van der Waals surface area contributed by atoms with Crippen molar-refractivity contribution in [1.82, 2.24) is 5.32 Å². The first-order chi connectivity index (χ1) is 9.99. The fourth-order valence-electron chi connectivity index (χ4n) is 3.23. The second kappa shape index (κ2) is 7.98. The van der Waals surface area contributed by atoms with Crippen molar-refractivity contribution in [3.8, 4) is 0 Å². The molecule has 0 radical (unpaired) electrons. The summed E-state index contributed by atoms with van der Waals surface area (Å²) < 4.78 is 0. The molecule has 1 amide bonds. The predicted molar refractivity (Wildman–Crippen MR) is 94.6 cm³/mol. The maximum atomic E-state index is 12.8. The van der Waals surface area contributed by atoms with E-state index in [4.69, 9.17) is 5.73 Å². The van der Waals surface area contributed by atoms with Crippen LogP contribution in [0.2, 0.25) is 0 Å². The number of hydrogen-bond donors (Lipinski definition) is 2. The molecule has 4 heteroatoms. The normalized spacial score (nSPS) is 17.9. The molecule has 3 nitrogen and oxygen atoms in total. The lowest BCUT2D eigenvalue weighted by Gasteiger charge is -2.30. The van der Waals surface area contributed by atoms with Crippen LogP contribution in [0.1, 0.15) is 63.5 Å². The van der Waals surface area contributed by atoms with Crippen LogP contribution in [0.5, 0.6) is 0 Å². The Kier molecular flexibility index (Phi) is 6.89. The third kappa shape index (κ3) is 3.82. The molecule has 0 bridgehead atoms. The highest BCUT2D eigenvalue weighted by atomic mass is 35.5. The molecule has 1 aliphatic carbocycles. The molecule has 0 heterocycles. The first-order valence-electron chi connectivity index (χ1n) is 8.11. The highest BCUT2D eigenvalue weighted by molar-refractivity contribution is 5.88. The third-order valence-corrected chi connectivity index (χ3v) is 4.75. The summed E-state index contributed by atoms with van der Waals surface area (Å²) in [6, 6.07) is 8.66. The molecule has 0 aromatic heterocycles. The van der Waals surface area contributed by atoms with Gasteiger partial charge in [-0.2, -0.15) is 0 Å². The second-order valence-electron chi connectivity index (χ2n) is 6.68. The van der Waals surface area contributed by atoms with E-state index in [2.05, 4.69) is 43.4 Å². The Labute approximate surface area is 140 Å². The number of amides is 1. The van der Waals surface area contributed by atoms with Gasteiger partial charge in [0.2, 0.25) is 5.91 Å². The largest absolute Gasteiger partial charge is 0.352 e. The highest BCUT2D eigenvalue weighted by Gasteiger charge is 2.42. The van der Waals surface area contributed by atoms with E-state index in [1.165, 1.54) is 5.56 Å². The van der Waals surface area contributed by atoms with Crippen molar-refractivity contribution in [1.29, 1.82) is 0 Å². The van der Waals surface area contributed by atoms with Gasteiger partial charge in [0, 0.05) is 12.6 Å². The zero-order valence-corrected chi connectivity index (χ0v) is 14.7. The zero-order valence-electron chi connectivity index (χ0n) is 13.9. The number of carbonyl (C=O) groups excluding carboxylic acids is 1. The van der Waals surface area contributed by atoms with Crippen molar-refractivity contribution < 1.29 is 4.79 Å². The van der Waals surface area contributed by atoms with E-state index in [9.17, 15) is 4.79 Å². The van der Waals surface area contributed by atoms with Crippen molar-refractivity contribution in [2.45, 2.75) is 63.8 Å². The molecule has 1 aromatic carbocycles. The Morgan fingerprint density at radius 1 is 1.18 bits per heavy atom. The Morgan fingerprint density at radius 3 is 2.18 bits per heavy atom. The zero-order chi connectivity index (χ0) is 15.5. The van der Waals surface area contributed by atoms with Gasteiger partial charge in [-0.25, -0.2) is 0 Å². The number of nitrogens with two attached hydrogens (primary N) is 1. The SMILES string of the molecule is CC(C)c1ccc(C2(C(=O)N[C@@H](C)CN)CCCC2)cc1.Cl. The Hall–Kier alpha value is -1.06. The van der Waals surface area contributed by atoms with Gasteiger partial charge < -0.3 is 11.1 Å². The number of nitrogens with one attached hydrogen (secondary N) is 1. The van der Waals surface area contributed by atoms with Gasteiger partial charge in [0.1, 0.15) is 0 Å². The second-order valence-corrected chi connectivity index (χ2v) is 6.68. The number of carbonyl (C=O) groups is 1. The van der Waals surface area contributed by atoms with E-state index >= 15 is 0 Å². The molecule has 0 spiro atoms. The van der Waals surface area contributed by atoms with Crippen molar-refractivity contribution in [3.63, 3.8) is 0 Å². The minimum absolute atomic E-state index is 0. The molecule has 124 valence electrons. The molecule has 3 N–H and O–H groups in total. The number of hydrogen-bond acceptors (Lipinski definition) is 2. The molecule has 0 saturated heterocycles. The predicted octanol–water partition coefficient (Wildman–Crippen LogP) is 3.51. The molecule has 2 rings (SSSR count). The minimum atomic E-state index is -0.348. The van der Waals surface area contributed by atoms with E-state index in [1.54, 1.807) is 0 Å². The van der Waals surface area contributed by atoms with Crippen LogP contribution >= 0.6 is 12.4 Å². The summed E-state index contributed by atoms with van der Waals surface area (Å²) in [6.07, 6.45) is 4.13. The maximum absolute atomic E-state index is 12.8. The lowest BCUT2D eigenvalue weighted by molar-refractivity contribution is -0.127. The lowest BCUT2D eigenvalue weighted by Crippen LogP contribution is -2.48. The van der Waals surface area contributed by atoms with Crippen molar-refractivity contribution >= 4 is 18.3 Å². The third-order valence-electron chi connectivity index (χ3n) is 4.75. The van der Waals surface area contributed by atoms with Gasteiger partial charge in [-0.3, -0.25) is 4.79 Å². The van der Waals surface area contributed by atoms with Crippen LogP contribution in [0.4, 0.5) is 0 Å². The minimum Gasteiger partial charge on any atom is -0.352 e. The molecule has 1 fully saturated rings. The van der Waals surface area contributed by atoms with Crippen LogP contribution in [-0.2, 0) is 10.2 Å². The van der Waals surface area contributed by atoms with Crippen molar-refractivity contribution in [2.75, 3.05) is 6.54 Å². The summed E-state index contributed by atoms with van der Waals surface area (Å²) >= 11 is 0. The lowest BCUT2D eigenvalue weighted by atomic mass is 9.77. The molecule has 0 unspecified atom stereocenters. The monoisotopic (exact) mass is 324 g/mol. The van der Waals surface area contributed by atoms with Gasteiger partial charge in [0.25, 0.3) is 0 Å². The molecular formula is C18H29ClN2O. The number of halogens is 1. The van der Waals surface area contributed by atoms with Crippen LogP contribution in [0.3, 0.4) is 0 Å². The standard InChI is InChI=1S/C18H28N2O.ClH/c1-13(2)15-6-8-16(9-7-15)18(10-4-5-11-18)17(21)20-14(3)12-19;/h6-9,13-14H,4-5,10-12,19H2,1-3H3,(H,20,21);1H/t14-;/m0./s1. The van der Waals surface area contributed by atoms with E-state index in [0.717, 1.165) is 31.2 Å². The molecule has 0 aliphatic heterocycles. The van der Waals surface area contributed by atoms with Crippen LogP contribution < -0.4 is 11.1 Å². The average Bonchev–Trinajstić information content (AvgIpc) is 2.98. The molecule has 1 atom stereocenters. The molecular weight excluding hydrogens is 296 g/mol. The van der Waals surface area contributed by atoms with Gasteiger partial charge in [-0.1, -0.05) is 51.0 Å². The van der Waals surface area contributed by atoms with Crippen LogP contribution in [0.15, 0.2) is 24.3 Å². The summed E-state index contributed by atoms with van der Waals surface area (Å²) in [5, 5.41) is 3.08.